The highest BCUT2D eigenvalue weighted by atomic mass is 16.2. The number of nitrogens with zero attached hydrogens (tertiary/aromatic N) is 1. The van der Waals surface area contributed by atoms with Gasteiger partial charge in [0.2, 0.25) is 5.91 Å². The van der Waals surface area contributed by atoms with Crippen molar-refractivity contribution >= 4 is 23.2 Å². The standard InChI is InChI=1S/C22H29N3O2/c1-4-12-25(13-5-2)22(27)18-9-7-10-19(15-18)23-16-21(26)24-20-11-6-8-17(3)14-20/h6-11,14-15,23H,4-5,12-13,16H2,1-3H3,(H,24,26). The van der Waals surface area contributed by atoms with E-state index < -0.39 is 0 Å². The molecule has 0 atom stereocenters. The fourth-order valence-corrected chi connectivity index (χ4v) is 2.91. The van der Waals surface area contributed by atoms with Gasteiger partial charge < -0.3 is 15.5 Å². The average Bonchev–Trinajstić information content (AvgIpc) is 2.66. The minimum atomic E-state index is -0.129. The molecular formula is C22H29N3O2. The zero-order valence-corrected chi connectivity index (χ0v) is 16.4. The van der Waals surface area contributed by atoms with Crippen molar-refractivity contribution in [1.82, 2.24) is 4.90 Å². The van der Waals surface area contributed by atoms with E-state index in [-0.39, 0.29) is 18.4 Å². The Morgan fingerprint density at radius 3 is 2.26 bits per heavy atom. The van der Waals surface area contributed by atoms with Gasteiger partial charge >= 0.3 is 0 Å². The van der Waals surface area contributed by atoms with Gasteiger partial charge in [0.25, 0.3) is 5.91 Å². The highest BCUT2D eigenvalue weighted by Gasteiger charge is 2.14. The molecule has 0 spiro atoms. The van der Waals surface area contributed by atoms with Crippen molar-refractivity contribution in [2.24, 2.45) is 0 Å². The maximum Gasteiger partial charge on any atom is 0.253 e. The summed E-state index contributed by atoms with van der Waals surface area (Å²) >= 11 is 0. The number of nitrogens with one attached hydrogen (secondary N) is 2. The second-order valence-electron chi connectivity index (χ2n) is 6.64. The number of hydrogen-bond acceptors (Lipinski definition) is 3. The Morgan fingerprint density at radius 1 is 0.926 bits per heavy atom. The summed E-state index contributed by atoms with van der Waals surface area (Å²) in [6, 6.07) is 15.0. The maximum atomic E-state index is 12.7. The van der Waals surface area contributed by atoms with E-state index in [1.165, 1.54) is 0 Å². The lowest BCUT2D eigenvalue weighted by atomic mass is 10.1. The first-order chi connectivity index (χ1) is 13.0. The predicted octanol–water partition coefficient (Wildman–Crippen LogP) is 4.31. The largest absolute Gasteiger partial charge is 0.376 e. The highest BCUT2D eigenvalue weighted by molar-refractivity contribution is 5.96. The van der Waals surface area contributed by atoms with Crippen molar-refractivity contribution in [3.8, 4) is 0 Å². The molecule has 2 aromatic rings. The van der Waals surface area contributed by atoms with Crippen LogP contribution in [0.5, 0.6) is 0 Å². The van der Waals surface area contributed by atoms with Gasteiger partial charge in [-0.1, -0.05) is 32.0 Å². The molecule has 0 fully saturated rings. The lowest BCUT2D eigenvalue weighted by Gasteiger charge is -2.21. The molecule has 0 aliphatic heterocycles. The van der Waals surface area contributed by atoms with Gasteiger partial charge in [0.15, 0.2) is 0 Å². The third-order valence-corrected chi connectivity index (χ3v) is 4.14. The van der Waals surface area contributed by atoms with Crippen LogP contribution >= 0.6 is 0 Å². The molecule has 27 heavy (non-hydrogen) atoms. The van der Waals surface area contributed by atoms with Crippen LogP contribution in [0.2, 0.25) is 0 Å². The summed E-state index contributed by atoms with van der Waals surface area (Å²) in [5.74, 6) is -0.0949. The number of hydrogen-bond donors (Lipinski definition) is 2. The number of aryl methyl sites for hydroxylation is 1. The number of rotatable bonds is 9. The third kappa shape index (κ3) is 6.44. The van der Waals surface area contributed by atoms with Crippen molar-refractivity contribution in [2.75, 3.05) is 30.3 Å². The Balaban J connectivity index is 1.96. The molecule has 0 saturated heterocycles. The summed E-state index contributed by atoms with van der Waals surface area (Å²) in [6.45, 7) is 7.77. The van der Waals surface area contributed by atoms with E-state index in [9.17, 15) is 9.59 Å². The van der Waals surface area contributed by atoms with E-state index in [1.54, 1.807) is 6.07 Å². The van der Waals surface area contributed by atoms with E-state index >= 15 is 0 Å². The molecule has 2 aromatic carbocycles. The van der Waals surface area contributed by atoms with E-state index in [0.717, 1.165) is 42.9 Å². The molecule has 0 unspecified atom stereocenters. The van der Waals surface area contributed by atoms with E-state index in [1.807, 2.05) is 54.3 Å². The topological polar surface area (TPSA) is 61.4 Å². The zero-order valence-electron chi connectivity index (χ0n) is 16.4. The second kappa shape index (κ2) is 10.4. The molecule has 0 radical (unpaired) electrons. The predicted molar refractivity (Wildman–Crippen MR) is 111 cm³/mol. The van der Waals surface area contributed by atoms with E-state index in [0.29, 0.717) is 5.56 Å². The Hall–Kier alpha value is -2.82. The molecule has 0 bridgehead atoms. The van der Waals surface area contributed by atoms with Crippen LogP contribution in [0.4, 0.5) is 11.4 Å². The molecule has 5 heteroatoms. The Labute approximate surface area is 161 Å². The minimum Gasteiger partial charge on any atom is -0.376 e. The van der Waals surface area contributed by atoms with Crippen LogP contribution in [0.25, 0.3) is 0 Å². The Bertz CT molecular complexity index is 768. The van der Waals surface area contributed by atoms with Gasteiger partial charge in [0.05, 0.1) is 6.54 Å². The first-order valence-corrected chi connectivity index (χ1v) is 9.53. The lowest BCUT2D eigenvalue weighted by Crippen LogP contribution is -2.32. The molecule has 0 aromatic heterocycles. The number of anilines is 2. The monoisotopic (exact) mass is 367 g/mol. The lowest BCUT2D eigenvalue weighted by molar-refractivity contribution is -0.114. The molecule has 0 heterocycles. The number of benzene rings is 2. The molecule has 2 N–H and O–H groups in total. The Morgan fingerprint density at radius 2 is 1.59 bits per heavy atom. The van der Waals surface area contributed by atoms with Gasteiger partial charge in [-0.2, -0.15) is 0 Å². The summed E-state index contributed by atoms with van der Waals surface area (Å²) in [5.41, 5.74) is 3.27. The van der Waals surface area contributed by atoms with Crippen LogP contribution in [0.1, 0.15) is 42.6 Å². The number of carbonyl (C=O) groups excluding carboxylic acids is 2. The van der Waals surface area contributed by atoms with Crippen LogP contribution in [-0.4, -0.2) is 36.3 Å². The van der Waals surface area contributed by atoms with Crippen molar-refractivity contribution in [2.45, 2.75) is 33.6 Å². The van der Waals surface area contributed by atoms with Crippen LogP contribution in [-0.2, 0) is 4.79 Å². The summed E-state index contributed by atoms with van der Waals surface area (Å²) in [7, 11) is 0. The van der Waals surface area contributed by atoms with Gasteiger partial charge in [-0.15, -0.1) is 0 Å². The SMILES string of the molecule is CCCN(CCC)C(=O)c1cccc(NCC(=O)Nc2cccc(C)c2)c1. The summed E-state index contributed by atoms with van der Waals surface area (Å²) < 4.78 is 0. The first kappa shape index (κ1) is 20.5. The van der Waals surface area contributed by atoms with Crippen LogP contribution in [0, 0.1) is 6.92 Å². The quantitative estimate of drug-likeness (QED) is 0.694. The van der Waals surface area contributed by atoms with E-state index in [2.05, 4.69) is 24.5 Å². The molecule has 5 nitrogen and oxygen atoms in total. The molecular weight excluding hydrogens is 338 g/mol. The number of carbonyl (C=O) groups is 2. The zero-order chi connectivity index (χ0) is 19.6. The number of amides is 2. The maximum absolute atomic E-state index is 12.7. The fourth-order valence-electron chi connectivity index (χ4n) is 2.91. The van der Waals surface area contributed by atoms with Gasteiger partial charge in [-0.05, 0) is 55.7 Å². The fraction of sp³-hybridized carbons (Fsp3) is 0.364. The average molecular weight is 367 g/mol. The molecule has 2 rings (SSSR count). The van der Waals surface area contributed by atoms with Gasteiger partial charge in [0.1, 0.15) is 0 Å². The van der Waals surface area contributed by atoms with Crippen molar-refractivity contribution in [1.29, 1.82) is 0 Å². The third-order valence-electron chi connectivity index (χ3n) is 4.14. The van der Waals surface area contributed by atoms with Crippen LogP contribution < -0.4 is 10.6 Å². The second-order valence-corrected chi connectivity index (χ2v) is 6.64. The molecule has 144 valence electrons. The Kier molecular flexibility index (Phi) is 7.86. The van der Waals surface area contributed by atoms with Gasteiger partial charge in [-0.25, -0.2) is 0 Å². The molecule has 0 saturated carbocycles. The minimum absolute atomic E-state index is 0.0339. The first-order valence-electron chi connectivity index (χ1n) is 9.53. The smallest absolute Gasteiger partial charge is 0.253 e. The summed E-state index contributed by atoms with van der Waals surface area (Å²) in [4.78, 5) is 26.7. The van der Waals surface area contributed by atoms with Crippen molar-refractivity contribution in [3.63, 3.8) is 0 Å². The van der Waals surface area contributed by atoms with Crippen LogP contribution in [0.3, 0.4) is 0 Å². The van der Waals surface area contributed by atoms with Crippen molar-refractivity contribution in [3.05, 3.63) is 59.7 Å². The highest BCUT2D eigenvalue weighted by Crippen LogP contribution is 2.14. The van der Waals surface area contributed by atoms with Gasteiger partial charge in [0, 0.05) is 30.0 Å². The molecule has 2 amide bonds. The van der Waals surface area contributed by atoms with Gasteiger partial charge in [-0.3, -0.25) is 9.59 Å². The van der Waals surface area contributed by atoms with Crippen molar-refractivity contribution < 1.29 is 9.59 Å². The normalized spacial score (nSPS) is 10.3. The molecule has 0 aliphatic carbocycles. The molecule has 0 aliphatic rings. The van der Waals surface area contributed by atoms with E-state index in [4.69, 9.17) is 0 Å². The van der Waals surface area contributed by atoms with Crippen LogP contribution in [0.15, 0.2) is 48.5 Å². The summed E-state index contributed by atoms with van der Waals surface area (Å²) in [5, 5.41) is 5.96. The summed E-state index contributed by atoms with van der Waals surface area (Å²) in [6.07, 6.45) is 1.87.